The summed E-state index contributed by atoms with van der Waals surface area (Å²) in [4.78, 5) is 0. The third-order valence-electron chi connectivity index (χ3n) is 4.18. The minimum absolute atomic E-state index is 0.332. The van der Waals surface area contributed by atoms with Crippen LogP contribution in [0.2, 0.25) is 0 Å². The Bertz CT molecular complexity index is 554. The van der Waals surface area contributed by atoms with Crippen LogP contribution >= 0.6 is 0 Å². The second-order valence-corrected chi connectivity index (χ2v) is 5.51. The minimum Gasteiger partial charge on any atom is -0.399 e. The first-order valence-corrected chi connectivity index (χ1v) is 7.17. The SMILES string of the molecule is CC(c1ccc(N)cc1)c1n[nH]c2c1CCCCC2. The van der Waals surface area contributed by atoms with E-state index in [1.807, 2.05) is 12.1 Å². The van der Waals surface area contributed by atoms with Crippen molar-refractivity contribution >= 4 is 5.69 Å². The van der Waals surface area contributed by atoms with Crippen LogP contribution in [0.3, 0.4) is 0 Å². The van der Waals surface area contributed by atoms with Crippen molar-refractivity contribution in [3.05, 3.63) is 46.8 Å². The highest BCUT2D eigenvalue weighted by Crippen LogP contribution is 2.30. The van der Waals surface area contributed by atoms with Crippen LogP contribution in [0.1, 0.15) is 54.6 Å². The summed E-state index contributed by atoms with van der Waals surface area (Å²) in [7, 11) is 0. The molecule has 3 heteroatoms. The molecule has 0 spiro atoms. The molecule has 1 aliphatic rings. The Hall–Kier alpha value is -1.77. The lowest BCUT2D eigenvalue weighted by Gasteiger charge is -2.12. The van der Waals surface area contributed by atoms with E-state index in [4.69, 9.17) is 5.73 Å². The van der Waals surface area contributed by atoms with Crippen molar-refractivity contribution in [1.82, 2.24) is 10.2 Å². The Morgan fingerprint density at radius 1 is 1.11 bits per heavy atom. The molecule has 3 N–H and O–H groups in total. The monoisotopic (exact) mass is 255 g/mol. The molecule has 1 aliphatic carbocycles. The standard InChI is InChI=1S/C16H21N3/c1-11(12-7-9-13(17)10-8-12)16-14-5-3-2-4-6-15(14)18-19-16/h7-11H,2-6,17H2,1H3,(H,18,19). The van der Waals surface area contributed by atoms with E-state index < -0.39 is 0 Å². The number of anilines is 1. The number of rotatable bonds is 2. The Kier molecular flexibility index (Phi) is 3.28. The molecule has 3 rings (SSSR count). The largest absolute Gasteiger partial charge is 0.399 e. The maximum absolute atomic E-state index is 5.76. The zero-order chi connectivity index (χ0) is 13.2. The summed E-state index contributed by atoms with van der Waals surface area (Å²) in [6.07, 6.45) is 6.22. The molecule has 1 aromatic heterocycles. The highest BCUT2D eigenvalue weighted by atomic mass is 15.1. The fourth-order valence-electron chi connectivity index (χ4n) is 2.98. The first-order valence-electron chi connectivity index (χ1n) is 7.17. The van der Waals surface area contributed by atoms with Gasteiger partial charge in [-0.3, -0.25) is 5.10 Å². The van der Waals surface area contributed by atoms with Gasteiger partial charge in [-0.15, -0.1) is 0 Å². The van der Waals surface area contributed by atoms with Crippen LogP contribution in [0.5, 0.6) is 0 Å². The topological polar surface area (TPSA) is 54.7 Å². The predicted octanol–water partition coefficient (Wildman–Crippen LogP) is 3.41. The highest BCUT2D eigenvalue weighted by Gasteiger charge is 2.20. The van der Waals surface area contributed by atoms with Crippen molar-refractivity contribution in [1.29, 1.82) is 0 Å². The van der Waals surface area contributed by atoms with Crippen LogP contribution in [0.4, 0.5) is 5.69 Å². The Morgan fingerprint density at radius 3 is 2.63 bits per heavy atom. The molecule has 0 aliphatic heterocycles. The Labute approximate surface area is 114 Å². The van der Waals surface area contributed by atoms with Crippen molar-refractivity contribution in [2.45, 2.75) is 44.9 Å². The quantitative estimate of drug-likeness (QED) is 0.638. The van der Waals surface area contributed by atoms with Gasteiger partial charge in [-0.05, 0) is 48.9 Å². The molecule has 0 saturated carbocycles. The number of nitrogens with two attached hydrogens (primary N) is 1. The molecule has 1 atom stereocenters. The van der Waals surface area contributed by atoms with E-state index in [0.29, 0.717) is 5.92 Å². The van der Waals surface area contributed by atoms with Crippen molar-refractivity contribution in [3.63, 3.8) is 0 Å². The number of benzene rings is 1. The maximum Gasteiger partial charge on any atom is 0.0728 e. The van der Waals surface area contributed by atoms with E-state index in [9.17, 15) is 0 Å². The van der Waals surface area contributed by atoms with Crippen LogP contribution < -0.4 is 5.73 Å². The molecule has 0 saturated heterocycles. The van der Waals surface area contributed by atoms with Crippen molar-refractivity contribution in [2.24, 2.45) is 0 Å². The number of hydrogen-bond acceptors (Lipinski definition) is 2. The molecule has 19 heavy (non-hydrogen) atoms. The zero-order valence-corrected chi connectivity index (χ0v) is 11.4. The van der Waals surface area contributed by atoms with Gasteiger partial charge in [0.05, 0.1) is 5.69 Å². The van der Waals surface area contributed by atoms with E-state index >= 15 is 0 Å². The number of aromatic nitrogens is 2. The summed E-state index contributed by atoms with van der Waals surface area (Å²) in [6, 6.07) is 8.16. The smallest absolute Gasteiger partial charge is 0.0728 e. The summed E-state index contributed by atoms with van der Waals surface area (Å²) in [5.41, 5.74) is 11.9. The molecule has 3 nitrogen and oxygen atoms in total. The number of nitrogens with zero attached hydrogens (tertiary/aromatic N) is 1. The van der Waals surface area contributed by atoms with E-state index in [-0.39, 0.29) is 0 Å². The molecule has 0 bridgehead atoms. The molecule has 0 fully saturated rings. The van der Waals surface area contributed by atoms with E-state index in [1.165, 1.54) is 48.2 Å². The van der Waals surface area contributed by atoms with Crippen molar-refractivity contribution < 1.29 is 0 Å². The molecule has 100 valence electrons. The van der Waals surface area contributed by atoms with Crippen LogP contribution in [0, 0.1) is 0 Å². The second-order valence-electron chi connectivity index (χ2n) is 5.51. The highest BCUT2D eigenvalue weighted by molar-refractivity contribution is 5.43. The van der Waals surface area contributed by atoms with Crippen LogP contribution in [0.25, 0.3) is 0 Å². The van der Waals surface area contributed by atoms with E-state index in [1.54, 1.807) is 0 Å². The zero-order valence-electron chi connectivity index (χ0n) is 11.4. The number of H-pyrrole nitrogens is 1. The number of nitrogen functional groups attached to an aromatic ring is 1. The van der Waals surface area contributed by atoms with Gasteiger partial charge in [0.15, 0.2) is 0 Å². The summed E-state index contributed by atoms with van der Waals surface area (Å²) in [5.74, 6) is 0.332. The van der Waals surface area contributed by atoms with Gasteiger partial charge in [-0.1, -0.05) is 25.5 Å². The normalized spacial score (nSPS) is 16.7. The lowest BCUT2D eigenvalue weighted by molar-refractivity contribution is 0.695. The van der Waals surface area contributed by atoms with Crippen molar-refractivity contribution in [2.75, 3.05) is 5.73 Å². The number of aromatic amines is 1. The number of aryl methyl sites for hydroxylation is 1. The van der Waals surface area contributed by atoms with Gasteiger partial charge >= 0.3 is 0 Å². The third-order valence-corrected chi connectivity index (χ3v) is 4.18. The summed E-state index contributed by atoms with van der Waals surface area (Å²) < 4.78 is 0. The first-order chi connectivity index (χ1) is 9.25. The third kappa shape index (κ3) is 2.37. The molecule has 0 radical (unpaired) electrons. The Morgan fingerprint density at radius 2 is 1.84 bits per heavy atom. The first kappa shape index (κ1) is 12.3. The van der Waals surface area contributed by atoms with Gasteiger partial charge in [0.1, 0.15) is 0 Å². The number of hydrogen-bond donors (Lipinski definition) is 2. The lowest BCUT2D eigenvalue weighted by Crippen LogP contribution is -2.01. The fourth-order valence-corrected chi connectivity index (χ4v) is 2.98. The number of fused-ring (bicyclic) bond motifs is 1. The predicted molar refractivity (Wildman–Crippen MR) is 78.2 cm³/mol. The average molecular weight is 255 g/mol. The average Bonchev–Trinajstić information content (AvgIpc) is 2.68. The molecule has 1 heterocycles. The lowest BCUT2D eigenvalue weighted by atomic mass is 9.93. The van der Waals surface area contributed by atoms with Gasteiger partial charge in [-0.25, -0.2) is 0 Å². The summed E-state index contributed by atoms with van der Waals surface area (Å²) >= 11 is 0. The molecule has 1 aromatic carbocycles. The summed E-state index contributed by atoms with van der Waals surface area (Å²) in [5, 5.41) is 7.84. The number of nitrogens with one attached hydrogen (secondary N) is 1. The van der Waals surface area contributed by atoms with Gasteiger partial charge in [0.2, 0.25) is 0 Å². The minimum atomic E-state index is 0.332. The van der Waals surface area contributed by atoms with Crippen LogP contribution in [0.15, 0.2) is 24.3 Å². The molecule has 1 unspecified atom stereocenters. The molecular formula is C16H21N3. The Balaban J connectivity index is 1.93. The van der Waals surface area contributed by atoms with E-state index in [0.717, 1.165) is 12.1 Å². The maximum atomic E-state index is 5.76. The molecule has 0 amide bonds. The second kappa shape index (κ2) is 5.08. The van der Waals surface area contributed by atoms with Gasteiger partial charge in [-0.2, -0.15) is 5.10 Å². The van der Waals surface area contributed by atoms with E-state index in [2.05, 4.69) is 29.3 Å². The fraction of sp³-hybridized carbons (Fsp3) is 0.438. The molecular weight excluding hydrogens is 234 g/mol. The van der Waals surface area contributed by atoms with Gasteiger partial charge < -0.3 is 5.73 Å². The molecule has 2 aromatic rings. The van der Waals surface area contributed by atoms with Crippen LogP contribution in [-0.4, -0.2) is 10.2 Å². The van der Waals surface area contributed by atoms with Gasteiger partial charge in [0.25, 0.3) is 0 Å². The summed E-state index contributed by atoms with van der Waals surface area (Å²) in [6.45, 7) is 2.23. The van der Waals surface area contributed by atoms with Gasteiger partial charge in [0, 0.05) is 17.3 Å². The van der Waals surface area contributed by atoms with Crippen LogP contribution in [-0.2, 0) is 12.8 Å². The van der Waals surface area contributed by atoms with Crippen molar-refractivity contribution in [3.8, 4) is 0 Å².